The summed E-state index contributed by atoms with van der Waals surface area (Å²) in [5.74, 6) is -2.56. The van der Waals surface area contributed by atoms with Gasteiger partial charge in [0.25, 0.3) is 5.91 Å². The number of amides is 2. The molecule has 8 nitrogen and oxygen atoms in total. The molecule has 1 heterocycles. The smallest absolute Gasteiger partial charge is 0.303 e. The van der Waals surface area contributed by atoms with Gasteiger partial charge in [0, 0.05) is 12.8 Å². The van der Waals surface area contributed by atoms with Crippen LogP contribution in [0.15, 0.2) is 0 Å². The molecule has 114 valence electrons. The highest BCUT2D eigenvalue weighted by Crippen LogP contribution is 2.04. The standard InChI is InChI=1S/C8H14O4.C4H5NO3/c9-7(10)5-3-1-2-4-6-8(11)12;6-2-1-3(7)5-4(2)8/h1-6H2,(H,9,10)(H,11,12);2,6H,1H2,(H,5,7,8). The number of rotatable bonds is 7. The number of hydrogen-bond donors (Lipinski definition) is 4. The second-order valence-corrected chi connectivity index (χ2v) is 4.33. The zero-order valence-electron chi connectivity index (χ0n) is 11.0. The monoisotopic (exact) mass is 289 g/mol. The summed E-state index contributed by atoms with van der Waals surface area (Å²) in [6.45, 7) is 0. The van der Waals surface area contributed by atoms with Crippen molar-refractivity contribution in [1.29, 1.82) is 0 Å². The highest BCUT2D eigenvalue weighted by molar-refractivity contribution is 6.04. The molecule has 20 heavy (non-hydrogen) atoms. The first-order chi connectivity index (χ1) is 9.32. The van der Waals surface area contributed by atoms with Gasteiger partial charge in [0.2, 0.25) is 5.91 Å². The van der Waals surface area contributed by atoms with Crippen LogP contribution < -0.4 is 5.32 Å². The summed E-state index contributed by atoms with van der Waals surface area (Å²) in [6, 6.07) is 0. The van der Waals surface area contributed by atoms with Crippen molar-refractivity contribution >= 4 is 23.8 Å². The van der Waals surface area contributed by atoms with Gasteiger partial charge in [0.05, 0.1) is 6.42 Å². The summed E-state index contributed by atoms with van der Waals surface area (Å²) in [4.78, 5) is 40.5. The molecule has 8 heteroatoms. The van der Waals surface area contributed by atoms with Crippen LogP contribution in [0.4, 0.5) is 0 Å². The highest BCUT2D eigenvalue weighted by atomic mass is 16.4. The summed E-state index contributed by atoms with van der Waals surface area (Å²) < 4.78 is 0. The number of imide groups is 1. The number of carbonyl (C=O) groups excluding carboxylic acids is 2. The van der Waals surface area contributed by atoms with Gasteiger partial charge in [-0.3, -0.25) is 24.5 Å². The van der Waals surface area contributed by atoms with E-state index in [0.29, 0.717) is 12.8 Å². The average molecular weight is 289 g/mol. The van der Waals surface area contributed by atoms with E-state index >= 15 is 0 Å². The van der Waals surface area contributed by atoms with Gasteiger partial charge in [0.15, 0.2) is 0 Å². The van der Waals surface area contributed by atoms with Crippen molar-refractivity contribution in [3.05, 3.63) is 0 Å². The number of nitrogens with one attached hydrogen (secondary N) is 1. The minimum atomic E-state index is -1.11. The molecular formula is C12H19NO7. The summed E-state index contributed by atoms with van der Waals surface area (Å²) >= 11 is 0. The number of hydrogen-bond acceptors (Lipinski definition) is 5. The fraction of sp³-hybridized carbons (Fsp3) is 0.667. The zero-order valence-corrected chi connectivity index (χ0v) is 11.0. The summed E-state index contributed by atoms with van der Waals surface area (Å²) in [7, 11) is 0. The summed E-state index contributed by atoms with van der Waals surface area (Å²) in [6.07, 6.45) is 2.09. The molecule has 0 bridgehead atoms. The van der Waals surface area contributed by atoms with Crippen LogP contribution in [0.3, 0.4) is 0 Å². The number of aliphatic hydroxyl groups excluding tert-OH is 1. The summed E-state index contributed by atoms with van der Waals surface area (Å²) in [5.41, 5.74) is 0. The van der Waals surface area contributed by atoms with Crippen molar-refractivity contribution in [2.45, 2.75) is 51.0 Å². The van der Waals surface area contributed by atoms with Crippen LogP contribution >= 0.6 is 0 Å². The van der Waals surface area contributed by atoms with Crippen LogP contribution in [-0.4, -0.2) is 45.2 Å². The highest BCUT2D eigenvalue weighted by Gasteiger charge is 2.27. The zero-order chi connectivity index (χ0) is 15.5. The molecule has 0 aromatic rings. The van der Waals surface area contributed by atoms with Crippen LogP contribution in [0.25, 0.3) is 0 Å². The number of carboxylic acid groups (broad SMARTS) is 2. The first-order valence-electron chi connectivity index (χ1n) is 6.28. The maximum Gasteiger partial charge on any atom is 0.303 e. The SMILES string of the molecule is O=C(O)CCCCCCC(=O)O.O=C1CC(O)C(=O)N1. The largest absolute Gasteiger partial charge is 0.481 e. The Bertz CT molecular complexity index is 349. The lowest BCUT2D eigenvalue weighted by Crippen LogP contribution is -2.24. The number of carbonyl (C=O) groups is 4. The van der Waals surface area contributed by atoms with Crippen LogP contribution in [0, 0.1) is 0 Å². The van der Waals surface area contributed by atoms with Gasteiger partial charge in [0.1, 0.15) is 6.10 Å². The normalized spacial score (nSPS) is 17.1. The predicted molar refractivity (Wildman–Crippen MR) is 66.7 cm³/mol. The lowest BCUT2D eigenvalue weighted by atomic mass is 10.1. The molecule has 0 aromatic heterocycles. The number of aliphatic carboxylic acids is 2. The quantitative estimate of drug-likeness (QED) is 0.378. The molecule has 1 rings (SSSR count). The third-order valence-electron chi connectivity index (χ3n) is 2.48. The molecule has 4 N–H and O–H groups in total. The molecule has 0 saturated carbocycles. The minimum absolute atomic E-state index is 0.0845. The maximum absolute atomic E-state index is 10.2. The Hall–Kier alpha value is -1.96. The fourth-order valence-electron chi connectivity index (χ4n) is 1.45. The van der Waals surface area contributed by atoms with Crippen LogP contribution in [-0.2, 0) is 19.2 Å². The van der Waals surface area contributed by atoms with Crippen LogP contribution in [0.5, 0.6) is 0 Å². The van der Waals surface area contributed by atoms with E-state index in [1.54, 1.807) is 0 Å². The second kappa shape index (κ2) is 9.90. The summed E-state index contributed by atoms with van der Waals surface area (Å²) in [5, 5.41) is 27.0. The Labute approximate surface area is 115 Å². The van der Waals surface area contributed by atoms with Gasteiger partial charge in [-0.25, -0.2) is 0 Å². The van der Waals surface area contributed by atoms with Gasteiger partial charge >= 0.3 is 11.9 Å². The Morgan fingerprint density at radius 2 is 1.45 bits per heavy atom. The molecule has 1 unspecified atom stereocenters. The first-order valence-corrected chi connectivity index (χ1v) is 6.28. The minimum Gasteiger partial charge on any atom is -0.481 e. The Morgan fingerprint density at radius 1 is 1.00 bits per heavy atom. The van der Waals surface area contributed by atoms with Gasteiger partial charge in [-0.2, -0.15) is 0 Å². The predicted octanol–water partition coefficient (Wildman–Crippen LogP) is -0.110. The van der Waals surface area contributed by atoms with Crippen LogP contribution in [0.2, 0.25) is 0 Å². The van der Waals surface area contributed by atoms with E-state index in [-0.39, 0.29) is 19.3 Å². The van der Waals surface area contributed by atoms with Gasteiger partial charge in [-0.1, -0.05) is 12.8 Å². The molecule has 0 aliphatic carbocycles. The molecule has 1 atom stereocenters. The average Bonchev–Trinajstić information content (AvgIpc) is 2.61. The third-order valence-corrected chi connectivity index (χ3v) is 2.48. The van der Waals surface area contributed by atoms with Crippen molar-refractivity contribution in [2.24, 2.45) is 0 Å². The van der Waals surface area contributed by atoms with E-state index in [4.69, 9.17) is 15.3 Å². The molecule has 0 radical (unpaired) electrons. The van der Waals surface area contributed by atoms with E-state index in [2.05, 4.69) is 0 Å². The van der Waals surface area contributed by atoms with Crippen molar-refractivity contribution in [1.82, 2.24) is 5.32 Å². The van der Waals surface area contributed by atoms with E-state index in [0.717, 1.165) is 12.8 Å². The van der Waals surface area contributed by atoms with Crippen molar-refractivity contribution in [2.75, 3.05) is 0 Å². The lowest BCUT2D eigenvalue weighted by molar-refractivity contribution is -0.138. The Morgan fingerprint density at radius 3 is 1.65 bits per heavy atom. The molecule has 0 aromatic carbocycles. The molecule has 1 aliphatic rings. The van der Waals surface area contributed by atoms with E-state index in [1.807, 2.05) is 5.32 Å². The topological polar surface area (TPSA) is 141 Å². The molecule has 1 fully saturated rings. The first kappa shape index (κ1) is 18.0. The van der Waals surface area contributed by atoms with Gasteiger partial charge in [-0.15, -0.1) is 0 Å². The molecule has 1 aliphatic heterocycles. The number of unbranched alkanes of at least 4 members (excludes halogenated alkanes) is 3. The van der Waals surface area contributed by atoms with Crippen molar-refractivity contribution in [3.63, 3.8) is 0 Å². The lowest BCUT2D eigenvalue weighted by Gasteiger charge is -1.96. The third kappa shape index (κ3) is 10.0. The van der Waals surface area contributed by atoms with Crippen molar-refractivity contribution < 1.29 is 34.5 Å². The van der Waals surface area contributed by atoms with Crippen LogP contribution in [0.1, 0.15) is 44.9 Å². The van der Waals surface area contributed by atoms with E-state index < -0.39 is 29.9 Å². The molecule has 2 amide bonds. The maximum atomic E-state index is 10.2. The Balaban J connectivity index is 0.000000388. The molecule has 1 saturated heterocycles. The number of aliphatic hydroxyl groups is 1. The fourth-order valence-corrected chi connectivity index (χ4v) is 1.45. The second-order valence-electron chi connectivity index (χ2n) is 4.33. The molecule has 0 spiro atoms. The molecular weight excluding hydrogens is 270 g/mol. The Kier molecular flexibility index (Phi) is 8.93. The van der Waals surface area contributed by atoms with E-state index in [1.165, 1.54) is 0 Å². The van der Waals surface area contributed by atoms with Gasteiger partial charge in [-0.05, 0) is 12.8 Å². The van der Waals surface area contributed by atoms with Crippen molar-refractivity contribution in [3.8, 4) is 0 Å². The van der Waals surface area contributed by atoms with Gasteiger partial charge < -0.3 is 15.3 Å². The van der Waals surface area contributed by atoms with E-state index in [9.17, 15) is 19.2 Å². The number of carboxylic acids is 2.